The van der Waals surface area contributed by atoms with Crippen molar-refractivity contribution in [3.05, 3.63) is 90.3 Å². The lowest BCUT2D eigenvalue weighted by atomic mass is 10.2. The summed E-state index contributed by atoms with van der Waals surface area (Å²) in [5.41, 5.74) is 0.420. The van der Waals surface area contributed by atoms with E-state index in [2.05, 4.69) is 5.32 Å². The quantitative estimate of drug-likeness (QED) is 0.508. The predicted molar refractivity (Wildman–Crippen MR) is 127 cm³/mol. The monoisotopic (exact) mass is 482 g/mol. The van der Waals surface area contributed by atoms with Crippen molar-refractivity contribution in [2.45, 2.75) is 4.90 Å². The zero-order valence-electron chi connectivity index (χ0n) is 18.2. The van der Waals surface area contributed by atoms with Crippen molar-refractivity contribution in [2.75, 3.05) is 31.6 Å². The summed E-state index contributed by atoms with van der Waals surface area (Å²) in [7, 11) is -3.79. The van der Waals surface area contributed by atoms with E-state index in [1.807, 2.05) is 6.07 Å². The number of nitrogens with one attached hydrogen (secondary N) is 1. The highest BCUT2D eigenvalue weighted by Gasteiger charge is 2.27. The van der Waals surface area contributed by atoms with Crippen LogP contribution in [0.25, 0.3) is 6.08 Å². The number of ether oxygens (including phenoxy) is 2. The second-order valence-corrected chi connectivity index (χ2v) is 9.37. The number of hydrogen-bond donors (Lipinski definition) is 1. The third-order valence-corrected chi connectivity index (χ3v) is 7.00. The van der Waals surface area contributed by atoms with Crippen LogP contribution >= 0.6 is 0 Å². The fourth-order valence-corrected chi connectivity index (χ4v) is 4.79. The molecule has 1 aliphatic heterocycles. The molecule has 0 aromatic heterocycles. The Labute approximate surface area is 197 Å². The number of rotatable bonds is 7. The Balaban J connectivity index is 1.63. The summed E-state index contributed by atoms with van der Waals surface area (Å²) in [5, 5.41) is 2.66. The van der Waals surface area contributed by atoms with Crippen molar-refractivity contribution in [3.8, 4) is 11.5 Å². The van der Waals surface area contributed by atoms with Gasteiger partial charge in [0.05, 0.1) is 23.8 Å². The highest BCUT2D eigenvalue weighted by Crippen LogP contribution is 2.33. The van der Waals surface area contributed by atoms with E-state index in [4.69, 9.17) is 9.47 Å². The third-order valence-electron chi connectivity index (χ3n) is 5.11. The first kappa shape index (κ1) is 23.6. The minimum Gasteiger partial charge on any atom is -0.455 e. The van der Waals surface area contributed by atoms with E-state index in [9.17, 15) is 17.6 Å². The average Bonchev–Trinajstić information content (AvgIpc) is 2.86. The van der Waals surface area contributed by atoms with Gasteiger partial charge in [-0.05, 0) is 42.5 Å². The number of carbonyl (C=O) groups is 1. The van der Waals surface area contributed by atoms with Gasteiger partial charge in [-0.2, -0.15) is 4.31 Å². The van der Waals surface area contributed by atoms with E-state index in [1.54, 1.807) is 42.5 Å². The van der Waals surface area contributed by atoms with Gasteiger partial charge >= 0.3 is 0 Å². The molecule has 1 aliphatic rings. The van der Waals surface area contributed by atoms with E-state index < -0.39 is 21.7 Å². The van der Waals surface area contributed by atoms with Crippen molar-refractivity contribution in [3.63, 3.8) is 0 Å². The molecule has 7 nitrogen and oxygen atoms in total. The number of hydrogen-bond acceptors (Lipinski definition) is 5. The van der Waals surface area contributed by atoms with Crippen LogP contribution in [0.15, 0.2) is 83.8 Å². The second kappa shape index (κ2) is 10.6. The number of benzene rings is 3. The molecular weight excluding hydrogens is 459 g/mol. The van der Waals surface area contributed by atoms with Crippen molar-refractivity contribution in [1.82, 2.24) is 4.31 Å². The Kier molecular flexibility index (Phi) is 7.36. The van der Waals surface area contributed by atoms with Gasteiger partial charge in [-0.25, -0.2) is 12.8 Å². The molecule has 1 fully saturated rings. The van der Waals surface area contributed by atoms with Gasteiger partial charge in [0.15, 0.2) is 5.75 Å². The summed E-state index contributed by atoms with van der Waals surface area (Å²) < 4.78 is 52.5. The number of para-hydroxylation sites is 1. The topological polar surface area (TPSA) is 84.9 Å². The van der Waals surface area contributed by atoms with Gasteiger partial charge in [0.2, 0.25) is 15.9 Å². The zero-order valence-corrected chi connectivity index (χ0v) is 19.0. The van der Waals surface area contributed by atoms with Crippen LogP contribution in [0.2, 0.25) is 0 Å². The molecule has 3 aromatic carbocycles. The largest absolute Gasteiger partial charge is 0.455 e. The number of morpholine rings is 1. The summed E-state index contributed by atoms with van der Waals surface area (Å²) in [5.74, 6) is -0.246. The maximum Gasteiger partial charge on any atom is 0.248 e. The maximum atomic E-state index is 13.9. The third kappa shape index (κ3) is 5.69. The van der Waals surface area contributed by atoms with Gasteiger partial charge in [0.25, 0.3) is 0 Å². The molecule has 4 rings (SSSR count). The van der Waals surface area contributed by atoms with Gasteiger partial charge in [-0.1, -0.05) is 36.4 Å². The first-order chi connectivity index (χ1) is 16.4. The number of halogens is 1. The summed E-state index contributed by atoms with van der Waals surface area (Å²) >= 11 is 0. The molecule has 0 spiro atoms. The summed E-state index contributed by atoms with van der Waals surface area (Å²) in [6, 6.07) is 19.2. The lowest BCUT2D eigenvalue weighted by molar-refractivity contribution is -0.111. The summed E-state index contributed by atoms with van der Waals surface area (Å²) in [6.45, 7) is 1.13. The number of amides is 1. The average molecular weight is 483 g/mol. The SMILES string of the molecule is O=C(/C=C/c1ccccc1F)Nc1cc(S(=O)(=O)N2CCOCC2)ccc1Oc1ccccc1. The van der Waals surface area contributed by atoms with Crippen LogP contribution in [0.5, 0.6) is 11.5 Å². The molecular formula is C25H23FN2O5S. The molecule has 9 heteroatoms. The molecule has 1 amide bonds. The van der Waals surface area contributed by atoms with E-state index >= 15 is 0 Å². The number of carbonyl (C=O) groups excluding carboxylic acids is 1. The van der Waals surface area contributed by atoms with Gasteiger partial charge in [0.1, 0.15) is 11.6 Å². The van der Waals surface area contributed by atoms with E-state index in [0.29, 0.717) is 19.0 Å². The molecule has 1 heterocycles. The van der Waals surface area contributed by atoms with E-state index in [-0.39, 0.29) is 35.0 Å². The standard InChI is InChI=1S/C25H23FN2O5S/c26-22-9-5-4-6-19(22)10-13-25(29)27-23-18-21(34(30,31)28-14-16-32-17-15-28)11-12-24(23)33-20-7-2-1-3-8-20/h1-13,18H,14-17H2,(H,27,29)/b13-10+. The van der Waals surface area contributed by atoms with Crippen molar-refractivity contribution in [2.24, 2.45) is 0 Å². The molecule has 34 heavy (non-hydrogen) atoms. The molecule has 0 saturated carbocycles. The highest BCUT2D eigenvalue weighted by molar-refractivity contribution is 7.89. The fraction of sp³-hybridized carbons (Fsp3) is 0.160. The highest BCUT2D eigenvalue weighted by atomic mass is 32.2. The molecule has 1 saturated heterocycles. The maximum absolute atomic E-state index is 13.9. The molecule has 0 aliphatic carbocycles. The van der Waals surface area contributed by atoms with Crippen molar-refractivity contribution in [1.29, 1.82) is 0 Å². The van der Waals surface area contributed by atoms with Gasteiger partial charge in [-0.3, -0.25) is 4.79 Å². The Hall–Kier alpha value is -3.53. The number of sulfonamides is 1. The molecule has 0 radical (unpaired) electrons. The lowest BCUT2D eigenvalue weighted by Crippen LogP contribution is -2.40. The molecule has 0 atom stereocenters. The first-order valence-electron chi connectivity index (χ1n) is 10.6. The van der Waals surface area contributed by atoms with Gasteiger partial charge in [0, 0.05) is 24.7 Å². The van der Waals surface area contributed by atoms with Crippen LogP contribution in [-0.4, -0.2) is 44.9 Å². The number of anilines is 1. The van der Waals surface area contributed by atoms with Gasteiger partial charge in [-0.15, -0.1) is 0 Å². The molecule has 1 N–H and O–H groups in total. The van der Waals surface area contributed by atoms with Crippen LogP contribution in [-0.2, 0) is 19.6 Å². The normalized spacial score (nSPS) is 14.7. The summed E-state index contributed by atoms with van der Waals surface area (Å²) in [6.07, 6.45) is 2.52. The minimum absolute atomic E-state index is 0.0168. The summed E-state index contributed by atoms with van der Waals surface area (Å²) in [4.78, 5) is 12.6. The Morgan fingerprint density at radius 3 is 2.44 bits per heavy atom. The molecule has 3 aromatic rings. The van der Waals surface area contributed by atoms with E-state index in [0.717, 1.165) is 0 Å². The van der Waals surface area contributed by atoms with Crippen LogP contribution in [0, 0.1) is 5.82 Å². The lowest BCUT2D eigenvalue weighted by Gasteiger charge is -2.26. The molecule has 0 bridgehead atoms. The van der Waals surface area contributed by atoms with Crippen LogP contribution in [0.4, 0.5) is 10.1 Å². The second-order valence-electron chi connectivity index (χ2n) is 7.43. The van der Waals surface area contributed by atoms with Crippen molar-refractivity contribution < 1.29 is 27.1 Å². The predicted octanol–water partition coefficient (Wildman–Crippen LogP) is 4.29. The smallest absolute Gasteiger partial charge is 0.248 e. The van der Waals surface area contributed by atoms with Crippen LogP contribution in [0.1, 0.15) is 5.56 Å². The van der Waals surface area contributed by atoms with E-state index in [1.165, 1.54) is 40.7 Å². The molecule has 0 unspecified atom stereocenters. The Morgan fingerprint density at radius 1 is 1.00 bits per heavy atom. The minimum atomic E-state index is -3.79. The Bertz CT molecular complexity index is 1290. The van der Waals surface area contributed by atoms with Gasteiger partial charge < -0.3 is 14.8 Å². The zero-order chi connectivity index (χ0) is 24.0. The first-order valence-corrected chi connectivity index (χ1v) is 12.1. The Morgan fingerprint density at radius 2 is 1.71 bits per heavy atom. The van der Waals surface area contributed by atoms with Crippen LogP contribution in [0.3, 0.4) is 0 Å². The fourth-order valence-electron chi connectivity index (χ4n) is 3.36. The number of nitrogens with zero attached hydrogens (tertiary/aromatic N) is 1. The van der Waals surface area contributed by atoms with Crippen LogP contribution < -0.4 is 10.1 Å². The molecule has 176 valence electrons. The van der Waals surface area contributed by atoms with Crippen molar-refractivity contribution >= 4 is 27.7 Å².